The zero-order chi connectivity index (χ0) is 17.3. The number of benzene rings is 1. The molecule has 2 aromatic rings. The van der Waals surface area contributed by atoms with E-state index in [1.807, 2.05) is 0 Å². The maximum atomic E-state index is 13.0. The molecule has 0 bridgehead atoms. The van der Waals surface area contributed by atoms with E-state index in [-0.39, 0.29) is 18.2 Å². The largest absolute Gasteiger partial charge is 0.496 e. The van der Waals surface area contributed by atoms with Crippen molar-refractivity contribution in [3.8, 4) is 5.75 Å². The molecule has 1 saturated carbocycles. The first-order valence-corrected chi connectivity index (χ1v) is 8.79. The number of nitrogens with one attached hydrogen (secondary N) is 1. The number of aromatic amines is 1. The third-order valence-electron chi connectivity index (χ3n) is 3.87. The SMILES string of the molecule is COc1ccccc1CN(C1CC1)S(=O)(=O)c1[nH]ncc1C(=O)O. The molecular weight excluding hydrogens is 334 g/mol. The number of hydrogen-bond acceptors (Lipinski definition) is 5. The van der Waals surface area contributed by atoms with Crippen molar-refractivity contribution in [3.63, 3.8) is 0 Å². The fraction of sp³-hybridized carbons (Fsp3) is 0.333. The molecule has 0 spiro atoms. The maximum absolute atomic E-state index is 13.0. The van der Waals surface area contributed by atoms with Crippen molar-refractivity contribution < 1.29 is 23.1 Å². The molecule has 8 nitrogen and oxygen atoms in total. The number of ether oxygens (including phenoxy) is 1. The summed E-state index contributed by atoms with van der Waals surface area (Å²) in [5.74, 6) is -0.753. The van der Waals surface area contributed by atoms with Gasteiger partial charge >= 0.3 is 5.97 Å². The Kier molecular flexibility index (Phi) is 4.29. The molecule has 1 fully saturated rings. The van der Waals surface area contributed by atoms with E-state index in [9.17, 15) is 13.2 Å². The molecule has 1 aromatic heterocycles. The number of para-hydroxylation sites is 1. The fourth-order valence-electron chi connectivity index (χ4n) is 2.51. The first-order chi connectivity index (χ1) is 11.4. The highest BCUT2D eigenvalue weighted by atomic mass is 32.2. The Balaban J connectivity index is 1.99. The number of H-pyrrole nitrogens is 1. The van der Waals surface area contributed by atoms with Gasteiger partial charge < -0.3 is 9.84 Å². The first-order valence-electron chi connectivity index (χ1n) is 7.35. The molecule has 1 aliphatic carbocycles. The Morgan fingerprint density at radius 3 is 2.75 bits per heavy atom. The summed E-state index contributed by atoms with van der Waals surface area (Å²) in [5.41, 5.74) is 0.354. The Hall–Kier alpha value is -2.39. The average Bonchev–Trinajstić information content (AvgIpc) is 3.26. The van der Waals surface area contributed by atoms with Crippen LogP contribution >= 0.6 is 0 Å². The molecule has 0 saturated heterocycles. The summed E-state index contributed by atoms with van der Waals surface area (Å²) in [7, 11) is -2.49. The van der Waals surface area contributed by atoms with Gasteiger partial charge in [-0.05, 0) is 18.9 Å². The van der Waals surface area contributed by atoms with Crippen LogP contribution in [0.5, 0.6) is 5.75 Å². The molecule has 1 aromatic carbocycles. The van der Waals surface area contributed by atoms with Crippen LogP contribution in [-0.2, 0) is 16.6 Å². The maximum Gasteiger partial charge on any atom is 0.340 e. The zero-order valence-corrected chi connectivity index (χ0v) is 13.8. The van der Waals surface area contributed by atoms with Crippen LogP contribution in [0.15, 0.2) is 35.5 Å². The molecule has 2 N–H and O–H groups in total. The third kappa shape index (κ3) is 3.00. The summed E-state index contributed by atoms with van der Waals surface area (Å²) in [4.78, 5) is 11.2. The summed E-state index contributed by atoms with van der Waals surface area (Å²) < 4.78 is 32.5. The Morgan fingerprint density at radius 2 is 2.12 bits per heavy atom. The first kappa shape index (κ1) is 16.5. The van der Waals surface area contributed by atoms with Gasteiger partial charge in [0.25, 0.3) is 10.0 Å². The predicted molar refractivity (Wildman–Crippen MR) is 84.3 cm³/mol. The van der Waals surface area contributed by atoms with Crippen molar-refractivity contribution in [2.45, 2.75) is 30.5 Å². The van der Waals surface area contributed by atoms with Crippen molar-refractivity contribution in [3.05, 3.63) is 41.6 Å². The number of aromatic nitrogens is 2. The number of aromatic carboxylic acids is 1. The number of sulfonamides is 1. The molecule has 1 aliphatic rings. The molecule has 0 radical (unpaired) electrons. The zero-order valence-electron chi connectivity index (χ0n) is 13.0. The van der Waals surface area contributed by atoms with Gasteiger partial charge in [-0.15, -0.1) is 0 Å². The molecule has 24 heavy (non-hydrogen) atoms. The van der Waals surface area contributed by atoms with Crippen molar-refractivity contribution >= 4 is 16.0 Å². The Bertz CT molecular complexity index is 857. The van der Waals surface area contributed by atoms with E-state index in [0.29, 0.717) is 11.3 Å². The molecule has 128 valence electrons. The van der Waals surface area contributed by atoms with Crippen molar-refractivity contribution in [2.75, 3.05) is 7.11 Å². The van der Waals surface area contributed by atoms with E-state index in [0.717, 1.165) is 19.0 Å². The fourth-order valence-corrected chi connectivity index (χ4v) is 4.25. The van der Waals surface area contributed by atoms with E-state index in [2.05, 4.69) is 10.2 Å². The molecule has 0 amide bonds. The average molecular weight is 351 g/mol. The van der Waals surface area contributed by atoms with E-state index in [1.165, 1.54) is 11.4 Å². The second kappa shape index (κ2) is 6.25. The predicted octanol–water partition coefficient (Wildman–Crippen LogP) is 1.47. The summed E-state index contributed by atoms with van der Waals surface area (Å²) in [6.45, 7) is 0.106. The van der Waals surface area contributed by atoms with E-state index >= 15 is 0 Å². The minimum atomic E-state index is -4.01. The Morgan fingerprint density at radius 1 is 1.42 bits per heavy atom. The lowest BCUT2D eigenvalue weighted by atomic mass is 10.2. The highest BCUT2D eigenvalue weighted by molar-refractivity contribution is 7.89. The second-order valence-electron chi connectivity index (χ2n) is 5.51. The lowest BCUT2D eigenvalue weighted by molar-refractivity contribution is 0.0692. The summed E-state index contributed by atoms with van der Waals surface area (Å²) in [6, 6.07) is 7.00. The summed E-state index contributed by atoms with van der Waals surface area (Å²) in [5, 5.41) is 14.7. The number of carboxylic acid groups (broad SMARTS) is 1. The van der Waals surface area contributed by atoms with Crippen molar-refractivity contribution in [1.29, 1.82) is 0 Å². The van der Waals surface area contributed by atoms with Crippen molar-refractivity contribution in [2.24, 2.45) is 0 Å². The molecule has 0 unspecified atom stereocenters. The van der Waals surface area contributed by atoms with E-state index in [4.69, 9.17) is 9.84 Å². The molecule has 1 heterocycles. The highest BCUT2D eigenvalue weighted by Gasteiger charge is 2.41. The van der Waals surface area contributed by atoms with Crippen LogP contribution in [0.4, 0.5) is 0 Å². The number of hydrogen-bond donors (Lipinski definition) is 2. The third-order valence-corrected chi connectivity index (χ3v) is 5.75. The van der Waals surface area contributed by atoms with Gasteiger partial charge in [0.05, 0.1) is 13.3 Å². The summed E-state index contributed by atoms with van der Waals surface area (Å²) in [6.07, 6.45) is 2.49. The van der Waals surface area contributed by atoms with Crippen LogP contribution in [0.1, 0.15) is 28.8 Å². The van der Waals surface area contributed by atoms with E-state index < -0.39 is 21.0 Å². The van der Waals surface area contributed by atoms with Gasteiger partial charge in [0.2, 0.25) is 0 Å². The van der Waals surface area contributed by atoms with Crippen LogP contribution in [0.2, 0.25) is 0 Å². The smallest absolute Gasteiger partial charge is 0.340 e. The minimum Gasteiger partial charge on any atom is -0.496 e. The van der Waals surface area contributed by atoms with Gasteiger partial charge in [-0.3, -0.25) is 5.10 Å². The number of methoxy groups -OCH3 is 1. The number of rotatable bonds is 7. The van der Waals surface area contributed by atoms with Crippen LogP contribution in [0, 0.1) is 0 Å². The molecular formula is C15H17N3O5S. The second-order valence-corrected chi connectivity index (χ2v) is 7.34. The topological polar surface area (TPSA) is 113 Å². The molecule has 9 heteroatoms. The summed E-state index contributed by atoms with van der Waals surface area (Å²) >= 11 is 0. The van der Waals surface area contributed by atoms with E-state index in [1.54, 1.807) is 24.3 Å². The van der Waals surface area contributed by atoms with Gasteiger partial charge in [0, 0.05) is 18.2 Å². The lowest BCUT2D eigenvalue weighted by Gasteiger charge is -2.22. The molecule has 0 aliphatic heterocycles. The number of carboxylic acids is 1. The molecule has 0 atom stereocenters. The van der Waals surface area contributed by atoms with Gasteiger partial charge in [0.15, 0.2) is 5.03 Å². The van der Waals surface area contributed by atoms with Gasteiger partial charge in [-0.25, -0.2) is 13.2 Å². The number of nitrogens with zero attached hydrogens (tertiary/aromatic N) is 2. The molecule has 3 rings (SSSR count). The van der Waals surface area contributed by atoms with Crippen LogP contribution in [-0.4, -0.2) is 47.1 Å². The van der Waals surface area contributed by atoms with Crippen LogP contribution in [0.25, 0.3) is 0 Å². The Labute approximate surface area is 139 Å². The lowest BCUT2D eigenvalue weighted by Crippen LogP contribution is -2.34. The monoisotopic (exact) mass is 351 g/mol. The van der Waals surface area contributed by atoms with Crippen LogP contribution < -0.4 is 4.74 Å². The minimum absolute atomic E-state index is 0.106. The standard InChI is InChI=1S/C15H17N3O5S/c1-23-13-5-3-2-4-10(13)9-18(11-6-7-11)24(21,22)14-12(15(19)20)8-16-17-14/h2-5,8,11H,6-7,9H2,1H3,(H,16,17)(H,19,20). The van der Waals surface area contributed by atoms with Crippen molar-refractivity contribution in [1.82, 2.24) is 14.5 Å². The number of carbonyl (C=O) groups is 1. The highest BCUT2D eigenvalue weighted by Crippen LogP contribution is 2.35. The van der Waals surface area contributed by atoms with Crippen LogP contribution in [0.3, 0.4) is 0 Å². The van der Waals surface area contributed by atoms with Gasteiger partial charge in [-0.2, -0.15) is 9.40 Å². The normalized spacial score (nSPS) is 14.8. The van der Waals surface area contributed by atoms with Gasteiger partial charge in [0.1, 0.15) is 11.3 Å². The van der Waals surface area contributed by atoms with Gasteiger partial charge in [-0.1, -0.05) is 18.2 Å². The quantitative estimate of drug-likeness (QED) is 0.781.